The van der Waals surface area contributed by atoms with Crippen molar-refractivity contribution in [3.05, 3.63) is 71.4 Å². The van der Waals surface area contributed by atoms with Crippen LogP contribution in [0, 0.1) is 12.8 Å². The minimum atomic E-state index is 0.438. The van der Waals surface area contributed by atoms with Crippen LogP contribution in [-0.2, 0) is 6.42 Å². The first-order valence-corrected chi connectivity index (χ1v) is 12.5. The average molecular weight is 450 g/mol. The summed E-state index contributed by atoms with van der Waals surface area (Å²) in [7, 11) is 0. The molecule has 1 fully saturated rings. The van der Waals surface area contributed by atoms with Crippen molar-refractivity contribution in [2.45, 2.75) is 58.4 Å². The van der Waals surface area contributed by atoms with Gasteiger partial charge >= 0.3 is 0 Å². The Hall–Kier alpha value is -3.47. The molecule has 0 radical (unpaired) electrons. The van der Waals surface area contributed by atoms with Gasteiger partial charge in [-0.15, -0.1) is 0 Å². The number of imidazole rings is 1. The first kappa shape index (κ1) is 21.1. The molecule has 5 nitrogen and oxygen atoms in total. The SMILES string of the molecule is Cc1ccc2c(c1)nc(-c1ccc3c(c1)C=CCC3)n2-c1ccnc(NC2CCCC(C)C2)n1. The van der Waals surface area contributed by atoms with Crippen molar-refractivity contribution < 1.29 is 0 Å². The van der Waals surface area contributed by atoms with Gasteiger partial charge in [-0.05, 0) is 79.5 Å². The molecule has 0 saturated heterocycles. The number of benzene rings is 2. The molecule has 1 N–H and O–H groups in total. The number of rotatable bonds is 4. The van der Waals surface area contributed by atoms with Gasteiger partial charge in [-0.25, -0.2) is 9.97 Å². The molecule has 6 rings (SSSR count). The van der Waals surface area contributed by atoms with Gasteiger partial charge in [-0.2, -0.15) is 4.98 Å². The Labute approximate surface area is 201 Å². The van der Waals surface area contributed by atoms with Gasteiger partial charge in [0.2, 0.25) is 5.95 Å². The Morgan fingerprint density at radius 2 is 1.97 bits per heavy atom. The molecule has 2 aromatic heterocycles. The van der Waals surface area contributed by atoms with Crippen LogP contribution < -0.4 is 5.32 Å². The van der Waals surface area contributed by atoms with Crippen LogP contribution in [0.25, 0.3) is 34.3 Å². The summed E-state index contributed by atoms with van der Waals surface area (Å²) < 4.78 is 2.18. The Morgan fingerprint density at radius 1 is 1.03 bits per heavy atom. The standard InChI is InChI=1S/C29H31N5/c1-19-6-5-9-24(16-19)31-29-30-15-14-27(33-29)34-26-13-10-20(2)17-25(26)32-28(34)23-12-11-21-7-3-4-8-22(21)18-23/h4,8,10-15,17-19,24H,3,5-7,9,16H2,1-2H3,(H,30,31,33). The lowest BCUT2D eigenvalue weighted by Crippen LogP contribution is -2.27. The van der Waals surface area contributed by atoms with Crippen LogP contribution in [0.4, 0.5) is 5.95 Å². The molecule has 2 heterocycles. The quantitative estimate of drug-likeness (QED) is 0.375. The normalized spacial score (nSPS) is 19.8. The van der Waals surface area contributed by atoms with Crippen LogP contribution in [0.2, 0.25) is 0 Å². The highest BCUT2D eigenvalue weighted by molar-refractivity contribution is 5.84. The largest absolute Gasteiger partial charge is 0.351 e. The highest BCUT2D eigenvalue weighted by Gasteiger charge is 2.21. The molecule has 0 amide bonds. The average Bonchev–Trinajstić information content (AvgIpc) is 3.22. The summed E-state index contributed by atoms with van der Waals surface area (Å²) in [6, 6.07) is 15.6. The van der Waals surface area contributed by atoms with E-state index in [-0.39, 0.29) is 0 Å². The lowest BCUT2D eigenvalue weighted by atomic mass is 9.87. The maximum atomic E-state index is 5.08. The lowest BCUT2D eigenvalue weighted by Gasteiger charge is -2.27. The van der Waals surface area contributed by atoms with Gasteiger partial charge in [-0.3, -0.25) is 4.57 Å². The summed E-state index contributed by atoms with van der Waals surface area (Å²) in [5.74, 6) is 3.21. The summed E-state index contributed by atoms with van der Waals surface area (Å²) in [5, 5.41) is 3.61. The van der Waals surface area contributed by atoms with Crippen molar-refractivity contribution >= 4 is 23.1 Å². The molecule has 0 aliphatic heterocycles. The molecule has 4 aromatic rings. The van der Waals surface area contributed by atoms with Crippen molar-refractivity contribution in [1.82, 2.24) is 19.5 Å². The Kier molecular flexibility index (Phi) is 5.40. The molecule has 2 aliphatic rings. The minimum Gasteiger partial charge on any atom is -0.351 e. The van der Waals surface area contributed by atoms with Crippen LogP contribution in [-0.4, -0.2) is 25.6 Å². The number of anilines is 1. The fourth-order valence-corrected chi connectivity index (χ4v) is 5.47. The van der Waals surface area contributed by atoms with Gasteiger partial charge in [-0.1, -0.05) is 50.1 Å². The summed E-state index contributed by atoms with van der Waals surface area (Å²) in [6.45, 7) is 4.45. The molecule has 34 heavy (non-hydrogen) atoms. The Bertz CT molecular complexity index is 1380. The zero-order valence-electron chi connectivity index (χ0n) is 20.0. The first-order chi connectivity index (χ1) is 16.6. The third-order valence-electron chi connectivity index (χ3n) is 7.23. The molecule has 1 saturated carbocycles. The van der Waals surface area contributed by atoms with E-state index < -0.39 is 0 Å². The van der Waals surface area contributed by atoms with Gasteiger partial charge in [0.25, 0.3) is 0 Å². The third kappa shape index (κ3) is 4.00. The summed E-state index contributed by atoms with van der Waals surface area (Å²) in [4.78, 5) is 14.6. The first-order valence-electron chi connectivity index (χ1n) is 12.5. The van der Waals surface area contributed by atoms with Crippen LogP contribution >= 0.6 is 0 Å². The smallest absolute Gasteiger partial charge is 0.224 e. The van der Waals surface area contributed by atoms with E-state index >= 15 is 0 Å². The maximum Gasteiger partial charge on any atom is 0.224 e. The molecular weight excluding hydrogens is 418 g/mol. The molecule has 2 aromatic carbocycles. The summed E-state index contributed by atoms with van der Waals surface area (Å²) in [6.07, 6.45) is 13.5. The topological polar surface area (TPSA) is 55.6 Å². The predicted octanol–water partition coefficient (Wildman–Crippen LogP) is 6.74. The number of hydrogen-bond acceptors (Lipinski definition) is 4. The second-order valence-corrected chi connectivity index (χ2v) is 9.97. The zero-order valence-corrected chi connectivity index (χ0v) is 20.0. The van der Waals surface area contributed by atoms with Crippen LogP contribution in [0.5, 0.6) is 0 Å². The van der Waals surface area contributed by atoms with E-state index in [0.29, 0.717) is 12.0 Å². The number of aryl methyl sites for hydroxylation is 2. The molecule has 0 bridgehead atoms. The molecule has 2 atom stereocenters. The summed E-state index contributed by atoms with van der Waals surface area (Å²) in [5.41, 5.74) is 7.04. The lowest BCUT2D eigenvalue weighted by molar-refractivity contribution is 0.357. The Balaban J connectivity index is 1.45. The van der Waals surface area contributed by atoms with Gasteiger partial charge in [0.05, 0.1) is 11.0 Å². The van der Waals surface area contributed by atoms with E-state index in [1.807, 2.05) is 12.3 Å². The minimum absolute atomic E-state index is 0.438. The zero-order chi connectivity index (χ0) is 23.1. The van der Waals surface area contributed by atoms with E-state index in [0.717, 1.165) is 47.0 Å². The van der Waals surface area contributed by atoms with Gasteiger partial charge in [0.1, 0.15) is 11.6 Å². The molecule has 172 valence electrons. The highest BCUT2D eigenvalue weighted by atomic mass is 15.2. The van der Waals surface area contributed by atoms with Gasteiger partial charge in [0, 0.05) is 17.8 Å². The molecule has 2 unspecified atom stereocenters. The van der Waals surface area contributed by atoms with Crippen molar-refractivity contribution in [3.8, 4) is 17.2 Å². The Morgan fingerprint density at radius 3 is 2.88 bits per heavy atom. The fourth-order valence-electron chi connectivity index (χ4n) is 5.47. The molecule has 5 heteroatoms. The molecule has 2 aliphatic carbocycles. The van der Waals surface area contributed by atoms with Crippen LogP contribution in [0.3, 0.4) is 0 Å². The number of hydrogen-bond donors (Lipinski definition) is 1. The van der Waals surface area contributed by atoms with Crippen LogP contribution in [0.15, 0.2) is 54.7 Å². The molecule has 0 spiro atoms. The highest BCUT2D eigenvalue weighted by Crippen LogP contribution is 2.32. The van der Waals surface area contributed by atoms with E-state index in [1.165, 1.54) is 42.4 Å². The predicted molar refractivity (Wildman–Crippen MR) is 139 cm³/mol. The second-order valence-electron chi connectivity index (χ2n) is 9.97. The number of allylic oxidation sites excluding steroid dienone is 1. The van der Waals surface area contributed by atoms with E-state index in [9.17, 15) is 0 Å². The van der Waals surface area contributed by atoms with Gasteiger partial charge in [0.15, 0.2) is 0 Å². The number of nitrogens with one attached hydrogen (secondary N) is 1. The fraction of sp³-hybridized carbons (Fsp3) is 0.345. The van der Waals surface area contributed by atoms with Crippen molar-refractivity contribution in [3.63, 3.8) is 0 Å². The number of fused-ring (bicyclic) bond motifs is 2. The third-order valence-corrected chi connectivity index (χ3v) is 7.23. The summed E-state index contributed by atoms with van der Waals surface area (Å²) >= 11 is 0. The van der Waals surface area contributed by atoms with E-state index in [1.54, 1.807) is 0 Å². The van der Waals surface area contributed by atoms with E-state index in [2.05, 4.69) is 77.3 Å². The van der Waals surface area contributed by atoms with Crippen molar-refractivity contribution in [2.75, 3.05) is 5.32 Å². The van der Waals surface area contributed by atoms with Gasteiger partial charge < -0.3 is 5.32 Å². The maximum absolute atomic E-state index is 5.08. The van der Waals surface area contributed by atoms with Crippen LogP contribution in [0.1, 0.15) is 55.7 Å². The number of aromatic nitrogens is 4. The number of nitrogens with zero attached hydrogens (tertiary/aromatic N) is 4. The van der Waals surface area contributed by atoms with Crippen molar-refractivity contribution in [2.24, 2.45) is 5.92 Å². The van der Waals surface area contributed by atoms with E-state index in [4.69, 9.17) is 9.97 Å². The monoisotopic (exact) mass is 449 g/mol. The second kappa shape index (κ2) is 8.71. The molecular formula is C29H31N5. The van der Waals surface area contributed by atoms with Crippen molar-refractivity contribution in [1.29, 1.82) is 0 Å².